The maximum Gasteiger partial charge on any atom is 0.293 e. The third-order valence-corrected chi connectivity index (χ3v) is 3.92. The molecule has 1 amide bonds. The first-order chi connectivity index (χ1) is 12.0. The second-order valence-electron chi connectivity index (χ2n) is 5.05. The molecule has 0 saturated heterocycles. The Morgan fingerprint density at radius 2 is 2.04 bits per heavy atom. The number of carbonyl (C=O) groups is 1. The molecule has 10 nitrogen and oxygen atoms in total. The normalized spacial score (nSPS) is 11.6. The van der Waals surface area contributed by atoms with Crippen LogP contribution in [0.15, 0.2) is 38.5 Å². The van der Waals surface area contributed by atoms with Crippen LogP contribution in [0, 0.1) is 6.92 Å². The summed E-state index contributed by atoms with van der Waals surface area (Å²) in [5, 5.41) is 18.9. The third kappa shape index (κ3) is 3.40. The number of nitrogens with zero attached hydrogens (tertiary/aromatic N) is 6. The summed E-state index contributed by atoms with van der Waals surface area (Å²) in [7, 11) is 0. The van der Waals surface area contributed by atoms with Gasteiger partial charge in [-0.15, -0.1) is 5.10 Å². The van der Waals surface area contributed by atoms with Crippen molar-refractivity contribution >= 4 is 33.4 Å². The fraction of sp³-hybridized carbons (Fsp3) is 0.143. The number of hydrogen-bond donors (Lipinski definition) is 2. The summed E-state index contributed by atoms with van der Waals surface area (Å²) in [5.41, 5.74) is 10.1. The molecule has 1 aromatic carbocycles. The topological polar surface area (TPSA) is 137 Å². The molecule has 128 valence electrons. The van der Waals surface area contributed by atoms with E-state index < -0.39 is 5.91 Å². The molecule has 3 rings (SSSR count). The molecule has 3 aromatic rings. The first-order valence-corrected chi connectivity index (χ1v) is 7.88. The molecule has 0 fully saturated rings. The molecule has 0 saturated carbocycles. The first-order valence-electron chi connectivity index (χ1n) is 7.08. The van der Waals surface area contributed by atoms with Crippen LogP contribution in [0.5, 0.6) is 0 Å². The first kappa shape index (κ1) is 16.8. The number of aromatic nitrogens is 5. The lowest BCUT2D eigenvalue weighted by Crippen LogP contribution is -2.21. The summed E-state index contributed by atoms with van der Waals surface area (Å²) in [5.74, 6) is -0.294. The Kier molecular flexibility index (Phi) is 4.57. The lowest BCUT2D eigenvalue weighted by molar-refractivity contribution is 0.0949. The number of nitrogens with two attached hydrogens (primary N) is 1. The molecule has 0 atom stereocenters. The molecule has 0 spiro atoms. The number of nitrogen functional groups attached to an aromatic ring is 1. The van der Waals surface area contributed by atoms with Crippen molar-refractivity contribution in [3.8, 4) is 5.82 Å². The Morgan fingerprint density at radius 3 is 2.68 bits per heavy atom. The largest absolute Gasteiger partial charge is 0.378 e. The maximum absolute atomic E-state index is 12.3. The highest BCUT2D eigenvalue weighted by atomic mass is 79.9. The summed E-state index contributed by atoms with van der Waals surface area (Å²) in [6, 6.07) is 7.55. The number of anilines is 1. The van der Waals surface area contributed by atoms with Crippen LogP contribution in [0.25, 0.3) is 5.82 Å². The predicted octanol–water partition coefficient (Wildman–Crippen LogP) is 1.46. The molecule has 0 radical (unpaired) electrons. The number of amides is 1. The molecular weight excluding hydrogens is 392 g/mol. The van der Waals surface area contributed by atoms with E-state index in [2.05, 4.69) is 51.7 Å². The molecule has 0 aliphatic rings. The van der Waals surface area contributed by atoms with Crippen molar-refractivity contribution in [2.24, 2.45) is 5.10 Å². The van der Waals surface area contributed by atoms with Gasteiger partial charge in [0.25, 0.3) is 5.91 Å². The smallest absolute Gasteiger partial charge is 0.293 e. The summed E-state index contributed by atoms with van der Waals surface area (Å²) >= 11 is 3.37. The van der Waals surface area contributed by atoms with Gasteiger partial charge in [0, 0.05) is 4.47 Å². The summed E-state index contributed by atoms with van der Waals surface area (Å²) in [4.78, 5) is 12.3. The van der Waals surface area contributed by atoms with Gasteiger partial charge in [0.1, 0.15) is 0 Å². The van der Waals surface area contributed by atoms with Crippen LogP contribution in [-0.4, -0.2) is 36.9 Å². The van der Waals surface area contributed by atoms with Crippen molar-refractivity contribution in [3.63, 3.8) is 0 Å². The number of hydrogen-bond acceptors (Lipinski definition) is 8. The van der Waals surface area contributed by atoms with Crippen LogP contribution in [0.3, 0.4) is 0 Å². The Morgan fingerprint density at radius 1 is 1.32 bits per heavy atom. The quantitative estimate of drug-likeness (QED) is 0.495. The highest BCUT2D eigenvalue weighted by molar-refractivity contribution is 9.10. The van der Waals surface area contributed by atoms with Gasteiger partial charge in [-0.25, -0.2) is 10.1 Å². The number of benzene rings is 1. The fourth-order valence-corrected chi connectivity index (χ4v) is 2.29. The van der Waals surface area contributed by atoms with E-state index in [0.29, 0.717) is 11.4 Å². The Bertz CT molecular complexity index is 944. The van der Waals surface area contributed by atoms with Crippen LogP contribution in [0.2, 0.25) is 0 Å². The minimum atomic E-state index is -0.504. The summed E-state index contributed by atoms with van der Waals surface area (Å²) in [6.07, 6.45) is 0. The zero-order valence-electron chi connectivity index (χ0n) is 13.3. The average Bonchev–Trinajstić information content (AvgIpc) is 3.18. The number of hydrazone groups is 1. The van der Waals surface area contributed by atoms with Crippen molar-refractivity contribution in [2.45, 2.75) is 13.8 Å². The van der Waals surface area contributed by atoms with Crippen molar-refractivity contribution < 1.29 is 9.42 Å². The highest BCUT2D eigenvalue weighted by Gasteiger charge is 2.20. The molecule has 2 aromatic heterocycles. The molecule has 11 heteroatoms. The number of carbonyl (C=O) groups excluding carboxylic acids is 1. The van der Waals surface area contributed by atoms with Gasteiger partial charge in [-0.2, -0.15) is 9.78 Å². The molecule has 0 bridgehead atoms. The second-order valence-corrected chi connectivity index (χ2v) is 5.97. The van der Waals surface area contributed by atoms with Crippen molar-refractivity contribution in [1.29, 1.82) is 0 Å². The number of nitrogens with one attached hydrogen (secondary N) is 1. The monoisotopic (exact) mass is 404 g/mol. The number of rotatable bonds is 4. The van der Waals surface area contributed by atoms with E-state index in [0.717, 1.165) is 10.0 Å². The van der Waals surface area contributed by atoms with E-state index >= 15 is 0 Å². The fourth-order valence-electron chi connectivity index (χ4n) is 2.02. The zero-order valence-corrected chi connectivity index (χ0v) is 14.9. The molecule has 0 aliphatic carbocycles. The van der Waals surface area contributed by atoms with Gasteiger partial charge in [0.15, 0.2) is 5.69 Å². The summed E-state index contributed by atoms with van der Waals surface area (Å²) in [6.45, 7) is 3.43. The molecule has 25 heavy (non-hydrogen) atoms. The standard InChI is InChI=1S/C14H13BrN8O2/c1-7(9-3-5-10(15)6-4-9)17-19-14(24)11-8(2)23(22-18-11)13-12(16)20-25-21-13/h3-6H,1-2H3,(H2,16,20)(H,19,24)/b17-7-. The molecule has 2 heterocycles. The van der Waals surface area contributed by atoms with E-state index in [1.807, 2.05) is 24.3 Å². The van der Waals surface area contributed by atoms with Gasteiger partial charge in [-0.05, 0) is 41.9 Å². The maximum atomic E-state index is 12.3. The Labute approximate surface area is 150 Å². The molecule has 0 aliphatic heterocycles. The van der Waals surface area contributed by atoms with Gasteiger partial charge in [0.2, 0.25) is 11.6 Å². The molecule has 3 N–H and O–H groups in total. The van der Waals surface area contributed by atoms with Crippen LogP contribution in [0.4, 0.5) is 5.82 Å². The lowest BCUT2D eigenvalue weighted by atomic mass is 10.1. The van der Waals surface area contributed by atoms with Gasteiger partial charge in [-0.3, -0.25) is 4.79 Å². The van der Waals surface area contributed by atoms with Crippen molar-refractivity contribution in [2.75, 3.05) is 5.73 Å². The lowest BCUT2D eigenvalue weighted by Gasteiger charge is -2.02. The third-order valence-electron chi connectivity index (χ3n) is 3.39. The van der Waals surface area contributed by atoms with Gasteiger partial charge in [-0.1, -0.05) is 33.3 Å². The molecule has 0 unspecified atom stereocenters. The van der Waals surface area contributed by atoms with Crippen LogP contribution in [-0.2, 0) is 0 Å². The summed E-state index contributed by atoms with van der Waals surface area (Å²) < 4.78 is 6.75. The van der Waals surface area contributed by atoms with Crippen molar-refractivity contribution in [1.82, 2.24) is 30.7 Å². The second kappa shape index (κ2) is 6.81. The van der Waals surface area contributed by atoms with Crippen LogP contribution >= 0.6 is 15.9 Å². The Hall–Kier alpha value is -3.08. The van der Waals surface area contributed by atoms with Gasteiger partial charge < -0.3 is 5.73 Å². The van der Waals surface area contributed by atoms with E-state index in [1.165, 1.54) is 4.68 Å². The minimum Gasteiger partial charge on any atom is -0.378 e. The SMILES string of the molecule is C/C(=N/NC(=O)c1nnn(-c2nonc2N)c1C)c1ccc(Br)cc1. The Balaban J connectivity index is 1.78. The van der Waals surface area contributed by atoms with Crippen molar-refractivity contribution in [3.05, 3.63) is 45.7 Å². The van der Waals surface area contributed by atoms with E-state index in [-0.39, 0.29) is 17.3 Å². The van der Waals surface area contributed by atoms with Gasteiger partial charge in [0.05, 0.1) is 11.4 Å². The van der Waals surface area contributed by atoms with E-state index in [9.17, 15) is 4.79 Å². The van der Waals surface area contributed by atoms with E-state index in [1.54, 1.807) is 13.8 Å². The van der Waals surface area contributed by atoms with Crippen LogP contribution in [0.1, 0.15) is 28.7 Å². The average molecular weight is 405 g/mol. The minimum absolute atomic E-state index is 0.0454. The van der Waals surface area contributed by atoms with E-state index in [4.69, 9.17) is 5.73 Å². The zero-order chi connectivity index (χ0) is 18.0. The van der Waals surface area contributed by atoms with Gasteiger partial charge >= 0.3 is 0 Å². The predicted molar refractivity (Wildman–Crippen MR) is 92.2 cm³/mol. The van der Waals surface area contributed by atoms with Crippen LogP contribution < -0.4 is 11.2 Å². The number of halogens is 1. The molecular formula is C14H13BrN8O2. The highest BCUT2D eigenvalue weighted by Crippen LogP contribution is 2.14.